The first-order chi connectivity index (χ1) is 15.1. The van der Waals surface area contributed by atoms with Crippen LogP contribution >= 0.6 is 12.6 Å². The molecule has 0 fully saturated rings. The Morgan fingerprint density at radius 3 is 2.23 bits per heavy atom. The molecule has 5 aromatic rings. The van der Waals surface area contributed by atoms with Crippen molar-refractivity contribution < 1.29 is 9.90 Å². The third-order valence-corrected chi connectivity index (χ3v) is 7.37. The van der Waals surface area contributed by atoms with E-state index >= 15 is 0 Å². The number of thiol groups is 1. The van der Waals surface area contributed by atoms with Gasteiger partial charge in [0, 0.05) is 56.5 Å². The highest BCUT2D eigenvalue weighted by molar-refractivity contribution is 7.80. The first-order valence-corrected chi connectivity index (χ1v) is 11.1. The van der Waals surface area contributed by atoms with E-state index in [1.807, 2.05) is 34.9 Å². The number of fused-ring (bicyclic) bond motifs is 9. The Hall–Kier alpha value is -3.22. The molecule has 1 amide bonds. The minimum Gasteiger partial charge on any atom is -0.373 e. The van der Waals surface area contributed by atoms with Gasteiger partial charge in [-0.05, 0) is 12.1 Å². The third kappa shape index (κ3) is 1.91. The molecule has 2 aromatic heterocycles. The highest BCUT2D eigenvalue weighted by Crippen LogP contribution is 2.50. The molecule has 0 saturated heterocycles. The number of amides is 1. The number of aromatic nitrogens is 2. The summed E-state index contributed by atoms with van der Waals surface area (Å²) in [4.78, 5) is 13.2. The van der Waals surface area contributed by atoms with Gasteiger partial charge in [-0.1, -0.05) is 43.0 Å². The summed E-state index contributed by atoms with van der Waals surface area (Å²) in [7, 11) is 0. The van der Waals surface area contributed by atoms with Crippen LogP contribution in [-0.2, 0) is 0 Å². The standard InChI is InChI=1S/C25H19N3O2S/c1-12-19-20-15-7-3-5-9-17(15)28-18(29)10-13(11-31)27-16-8-4-2-6-14(16)21(23(27)24(20)28)22(19)25(30)26-12/h2-9,13,18,29,31H,1,10-11H2,(H,26,30). The number of hydrogen-bond donors (Lipinski definition) is 3. The second-order valence-corrected chi connectivity index (χ2v) is 8.82. The van der Waals surface area contributed by atoms with Crippen LogP contribution in [0.15, 0.2) is 55.1 Å². The van der Waals surface area contributed by atoms with Crippen LogP contribution in [-0.4, -0.2) is 25.9 Å². The van der Waals surface area contributed by atoms with Gasteiger partial charge in [0.25, 0.3) is 5.91 Å². The lowest BCUT2D eigenvalue weighted by molar-refractivity contribution is 0.0922. The Morgan fingerprint density at radius 1 is 0.968 bits per heavy atom. The number of nitrogens with one attached hydrogen (secondary N) is 1. The Labute approximate surface area is 183 Å². The molecule has 0 bridgehead atoms. The largest absolute Gasteiger partial charge is 0.373 e. The van der Waals surface area contributed by atoms with Gasteiger partial charge in [0.05, 0.1) is 22.1 Å². The summed E-state index contributed by atoms with van der Waals surface area (Å²) in [6.45, 7) is 4.17. The summed E-state index contributed by atoms with van der Waals surface area (Å²) in [5.74, 6) is 0.472. The number of rotatable bonds is 1. The van der Waals surface area contributed by atoms with Gasteiger partial charge in [0.2, 0.25) is 0 Å². The third-order valence-electron chi connectivity index (χ3n) is 6.95. The van der Waals surface area contributed by atoms with Gasteiger partial charge in [0.15, 0.2) is 0 Å². The van der Waals surface area contributed by atoms with Gasteiger partial charge in [-0.15, -0.1) is 0 Å². The summed E-state index contributed by atoms with van der Waals surface area (Å²) >= 11 is 4.65. The first kappa shape index (κ1) is 17.5. The molecule has 0 radical (unpaired) electrons. The maximum atomic E-state index is 13.2. The quantitative estimate of drug-likeness (QED) is 0.332. The van der Waals surface area contributed by atoms with Gasteiger partial charge in [-0.3, -0.25) is 4.79 Å². The topological polar surface area (TPSA) is 59.2 Å². The number of aliphatic hydroxyl groups excluding tert-OH is 1. The number of hydrogen-bond acceptors (Lipinski definition) is 3. The van der Waals surface area contributed by atoms with Crippen molar-refractivity contribution in [2.75, 3.05) is 5.75 Å². The second kappa shape index (κ2) is 5.72. The number of aliphatic hydroxyl groups is 1. The number of nitrogens with zero attached hydrogens (tertiary/aromatic N) is 2. The maximum Gasteiger partial charge on any atom is 0.257 e. The van der Waals surface area contributed by atoms with Crippen molar-refractivity contribution >= 4 is 67.8 Å². The van der Waals surface area contributed by atoms with Crippen molar-refractivity contribution in [3.63, 3.8) is 0 Å². The molecule has 6 heteroatoms. The van der Waals surface area contributed by atoms with E-state index in [9.17, 15) is 9.90 Å². The van der Waals surface area contributed by atoms with E-state index in [2.05, 4.69) is 47.3 Å². The molecule has 0 aliphatic carbocycles. The lowest BCUT2D eigenvalue weighted by atomic mass is 9.96. The van der Waals surface area contributed by atoms with E-state index in [0.717, 1.165) is 49.2 Å². The summed E-state index contributed by atoms with van der Waals surface area (Å²) in [6.07, 6.45) is -0.157. The van der Waals surface area contributed by atoms with Crippen LogP contribution in [0.4, 0.5) is 0 Å². The molecule has 2 atom stereocenters. The average molecular weight is 426 g/mol. The SMILES string of the molecule is C=C1NC(=O)c2c1c1c3ccccc3n3c1c1c2c2ccccc2n1C(CS)CC3O. The molecule has 0 spiro atoms. The minimum absolute atomic E-state index is 0.00619. The molecule has 2 unspecified atom stereocenters. The first-order valence-electron chi connectivity index (χ1n) is 10.4. The van der Waals surface area contributed by atoms with E-state index in [1.165, 1.54) is 0 Å². The van der Waals surface area contributed by atoms with Crippen molar-refractivity contribution in [2.45, 2.75) is 18.7 Å². The Kier molecular flexibility index (Phi) is 3.22. The molecule has 5 nitrogen and oxygen atoms in total. The molecule has 2 N–H and O–H groups in total. The predicted octanol–water partition coefficient (Wildman–Crippen LogP) is 4.98. The maximum absolute atomic E-state index is 13.2. The van der Waals surface area contributed by atoms with E-state index in [4.69, 9.17) is 0 Å². The second-order valence-electron chi connectivity index (χ2n) is 8.46. The van der Waals surface area contributed by atoms with Gasteiger partial charge >= 0.3 is 0 Å². The van der Waals surface area contributed by atoms with Gasteiger partial charge in [-0.25, -0.2) is 0 Å². The van der Waals surface area contributed by atoms with Crippen molar-refractivity contribution in [3.05, 3.63) is 66.2 Å². The summed E-state index contributed by atoms with van der Waals surface area (Å²) in [5.41, 5.74) is 6.12. The molecule has 7 rings (SSSR count). The molecule has 2 aliphatic rings. The number of para-hydroxylation sites is 2. The van der Waals surface area contributed by atoms with Crippen LogP contribution < -0.4 is 5.32 Å². The molecule has 31 heavy (non-hydrogen) atoms. The number of carbonyl (C=O) groups excluding carboxylic acids is 1. The fourth-order valence-electron chi connectivity index (χ4n) is 5.84. The molecule has 0 saturated carbocycles. The molecule has 4 heterocycles. The fourth-order valence-corrected chi connectivity index (χ4v) is 6.15. The van der Waals surface area contributed by atoms with Gasteiger partial charge in [-0.2, -0.15) is 12.6 Å². The zero-order chi connectivity index (χ0) is 21.0. The smallest absolute Gasteiger partial charge is 0.257 e. The van der Waals surface area contributed by atoms with Crippen LogP contribution in [0.3, 0.4) is 0 Å². The van der Waals surface area contributed by atoms with E-state index in [0.29, 0.717) is 23.4 Å². The van der Waals surface area contributed by atoms with Crippen LogP contribution in [0.5, 0.6) is 0 Å². The molecular formula is C25H19N3O2S. The lowest BCUT2D eigenvalue weighted by Gasteiger charge is -2.20. The molecule has 3 aromatic carbocycles. The molecule has 2 aliphatic heterocycles. The lowest BCUT2D eigenvalue weighted by Crippen LogP contribution is -2.15. The number of benzene rings is 3. The minimum atomic E-state index is -0.696. The summed E-state index contributed by atoms with van der Waals surface area (Å²) in [5, 5.41) is 18.3. The highest BCUT2D eigenvalue weighted by atomic mass is 32.1. The fraction of sp³-hybridized carbons (Fsp3) is 0.160. The Bertz CT molecular complexity index is 1640. The van der Waals surface area contributed by atoms with Crippen molar-refractivity contribution in [1.29, 1.82) is 0 Å². The normalized spacial score (nSPS) is 20.3. The monoisotopic (exact) mass is 425 g/mol. The van der Waals surface area contributed by atoms with Gasteiger partial charge in [0.1, 0.15) is 6.23 Å². The van der Waals surface area contributed by atoms with Crippen LogP contribution in [0.1, 0.15) is 34.6 Å². The van der Waals surface area contributed by atoms with Crippen LogP contribution in [0, 0.1) is 0 Å². The van der Waals surface area contributed by atoms with Crippen molar-refractivity contribution in [2.24, 2.45) is 0 Å². The summed E-state index contributed by atoms with van der Waals surface area (Å²) in [6, 6.07) is 16.3. The van der Waals surface area contributed by atoms with Crippen molar-refractivity contribution in [3.8, 4) is 0 Å². The van der Waals surface area contributed by atoms with E-state index in [-0.39, 0.29) is 11.9 Å². The molecular weight excluding hydrogens is 406 g/mol. The van der Waals surface area contributed by atoms with Crippen molar-refractivity contribution in [1.82, 2.24) is 14.5 Å². The van der Waals surface area contributed by atoms with E-state index < -0.39 is 6.23 Å². The van der Waals surface area contributed by atoms with E-state index in [1.54, 1.807) is 0 Å². The highest BCUT2D eigenvalue weighted by Gasteiger charge is 2.37. The van der Waals surface area contributed by atoms with Crippen LogP contribution in [0.2, 0.25) is 0 Å². The summed E-state index contributed by atoms with van der Waals surface area (Å²) < 4.78 is 4.34. The average Bonchev–Trinajstić information content (AvgIpc) is 3.36. The van der Waals surface area contributed by atoms with Crippen LogP contribution in [0.25, 0.3) is 49.3 Å². The Morgan fingerprint density at radius 2 is 1.55 bits per heavy atom. The predicted molar refractivity (Wildman–Crippen MR) is 128 cm³/mol. The van der Waals surface area contributed by atoms with Gasteiger partial charge < -0.3 is 19.6 Å². The zero-order valence-electron chi connectivity index (χ0n) is 16.6. The Balaban J connectivity index is 1.92. The number of carbonyl (C=O) groups is 1. The molecule has 152 valence electrons. The zero-order valence-corrected chi connectivity index (χ0v) is 17.5.